The topological polar surface area (TPSA) is 62.2 Å². The van der Waals surface area contributed by atoms with Crippen molar-refractivity contribution in [2.24, 2.45) is 0 Å². The van der Waals surface area contributed by atoms with E-state index in [0.717, 1.165) is 0 Å². The maximum absolute atomic E-state index is 11.1. The molecule has 19 heavy (non-hydrogen) atoms. The summed E-state index contributed by atoms with van der Waals surface area (Å²) >= 11 is 11.5. The number of fused-ring (bicyclic) bond motifs is 1. The lowest BCUT2D eigenvalue weighted by Crippen LogP contribution is -2.23. The Balaban J connectivity index is 0.00000180. The fourth-order valence-electron chi connectivity index (χ4n) is 1.61. The summed E-state index contributed by atoms with van der Waals surface area (Å²) in [5.74, 6) is -0.418. The number of nitrogens with zero attached hydrogens (tertiary/aromatic N) is 1. The van der Waals surface area contributed by atoms with Crippen molar-refractivity contribution in [3.05, 3.63) is 35.0 Å². The Morgan fingerprint density at radius 3 is 2.89 bits per heavy atom. The molecule has 0 atom stereocenters. The van der Waals surface area contributed by atoms with E-state index in [1.807, 2.05) is 0 Å². The van der Waals surface area contributed by atoms with Crippen LogP contribution in [0.15, 0.2) is 24.4 Å². The molecule has 1 aromatic heterocycles. The van der Waals surface area contributed by atoms with E-state index in [4.69, 9.17) is 23.2 Å². The lowest BCUT2D eigenvalue weighted by molar-refractivity contribution is -0.118. The molecule has 0 radical (unpaired) electrons. The van der Waals surface area contributed by atoms with Gasteiger partial charge in [0.05, 0.1) is 5.02 Å². The monoisotopic (exact) mass is 320 g/mol. The SMILES string of the molecule is Cl.O=C(CCl)NCc1cc(Cl)c2cccnc2c1O. The molecule has 1 heterocycles. The molecule has 0 unspecified atom stereocenters. The predicted octanol–water partition coefficient (Wildman–Crippen LogP) is 2.87. The summed E-state index contributed by atoms with van der Waals surface area (Å²) in [6.45, 7) is 0.156. The number of aromatic hydroxyl groups is 1. The molecule has 0 saturated carbocycles. The Labute approximate surface area is 126 Å². The van der Waals surface area contributed by atoms with Crippen molar-refractivity contribution in [2.75, 3.05) is 5.88 Å². The van der Waals surface area contributed by atoms with Crippen LogP contribution in [0.2, 0.25) is 5.02 Å². The van der Waals surface area contributed by atoms with E-state index in [0.29, 0.717) is 21.5 Å². The van der Waals surface area contributed by atoms with Gasteiger partial charge in [-0.3, -0.25) is 9.78 Å². The van der Waals surface area contributed by atoms with E-state index in [1.54, 1.807) is 24.4 Å². The third-order valence-electron chi connectivity index (χ3n) is 2.49. The van der Waals surface area contributed by atoms with Crippen LogP contribution in [0.25, 0.3) is 10.9 Å². The number of benzene rings is 1. The molecule has 0 spiro atoms. The molecule has 0 aliphatic rings. The Morgan fingerprint density at radius 1 is 1.47 bits per heavy atom. The van der Waals surface area contributed by atoms with Crippen LogP contribution in [0.3, 0.4) is 0 Å². The summed E-state index contributed by atoms with van der Waals surface area (Å²) < 4.78 is 0. The number of hydrogen-bond donors (Lipinski definition) is 2. The first kappa shape index (κ1) is 15.8. The molecule has 0 aliphatic heterocycles. The number of aromatic nitrogens is 1. The molecule has 0 saturated heterocycles. The minimum atomic E-state index is -0.312. The quantitative estimate of drug-likeness (QED) is 0.855. The highest BCUT2D eigenvalue weighted by molar-refractivity contribution is 6.35. The number of rotatable bonds is 3. The Morgan fingerprint density at radius 2 is 2.21 bits per heavy atom. The summed E-state index contributed by atoms with van der Waals surface area (Å²) in [5.41, 5.74) is 0.921. The van der Waals surface area contributed by atoms with Crippen LogP contribution in [0, 0.1) is 0 Å². The molecule has 4 nitrogen and oxygen atoms in total. The van der Waals surface area contributed by atoms with Crippen molar-refractivity contribution < 1.29 is 9.90 Å². The highest BCUT2D eigenvalue weighted by Gasteiger charge is 2.11. The fourth-order valence-corrected chi connectivity index (χ4v) is 1.99. The van der Waals surface area contributed by atoms with Gasteiger partial charge >= 0.3 is 0 Å². The molecule has 1 amide bonds. The number of carbonyl (C=O) groups is 1. The zero-order valence-corrected chi connectivity index (χ0v) is 12.0. The van der Waals surface area contributed by atoms with Crippen molar-refractivity contribution in [1.29, 1.82) is 0 Å². The molecule has 0 bridgehead atoms. The molecule has 0 aliphatic carbocycles. The zero-order chi connectivity index (χ0) is 13.1. The second-order valence-corrected chi connectivity index (χ2v) is 4.35. The van der Waals surface area contributed by atoms with E-state index >= 15 is 0 Å². The average molecular weight is 322 g/mol. The van der Waals surface area contributed by atoms with Gasteiger partial charge in [0.1, 0.15) is 17.1 Å². The number of amides is 1. The first-order valence-electron chi connectivity index (χ1n) is 5.21. The maximum atomic E-state index is 11.1. The van der Waals surface area contributed by atoms with Crippen LogP contribution in [-0.4, -0.2) is 21.9 Å². The van der Waals surface area contributed by atoms with Gasteiger partial charge in [-0.15, -0.1) is 24.0 Å². The van der Waals surface area contributed by atoms with Gasteiger partial charge in [-0.1, -0.05) is 11.6 Å². The average Bonchev–Trinajstić information content (AvgIpc) is 2.41. The van der Waals surface area contributed by atoms with Crippen molar-refractivity contribution in [1.82, 2.24) is 10.3 Å². The Bertz CT molecular complexity index is 605. The van der Waals surface area contributed by atoms with Gasteiger partial charge < -0.3 is 10.4 Å². The number of phenolic OH excluding ortho intramolecular Hbond substituents is 1. The van der Waals surface area contributed by atoms with Crippen LogP contribution in [0.5, 0.6) is 5.75 Å². The lowest BCUT2D eigenvalue weighted by Gasteiger charge is -2.09. The molecule has 7 heteroatoms. The summed E-state index contributed by atoms with van der Waals surface area (Å²) in [7, 11) is 0. The smallest absolute Gasteiger partial charge is 0.235 e. The van der Waals surface area contributed by atoms with E-state index < -0.39 is 0 Å². The van der Waals surface area contributed by atoms with Gasteiger partial charge in [-0.25, -0.2) is 0 Å². The second-order valence-electron chi connectivity index (χ2n) is 3.68. The maximum Gasteiger partial charge on any atom is 0.235 e. The Hall–Kier alpha value is -1.23. The van der Waals surface area contributed by atoms with Gasteiger partial charge in [0.2, 0.25) is 5.91 Å². The van der Waals surface area contributed by atoms with E-state index in [-0.39, 0.29) is 36.5 Å². The fraction of sp³-hybridized carbons (Fsp3) is 0.167. The molecule has 1 aromatic carbocycles. The van der Waals surface area contributed by atoms with Gasteiger partial charge in [-0.05, 0) is 18.2 Å². The third kappa shape index (κ3) is 3.41. The minimum absolute atomic E-state index is 0. The Kier molecular flexibility index (Phi) is 5.66. The van der Waals surface area contributed by atoms with Crippen LogP contribution >= 0.6 is 35.6 Å². The normalized spacial score (nSPS) is 10.0. The van der Waals surface area contributed by atoms with Gasteiger partial charge in [0, 0.05) is 23.7 Å². The molecule has 102 valence electrons. The second kappa shape index (κ2) is 6.80. The summed E-state index contributed by atoms with van der Waals surface area (Å²) in [6.07, 6.45) is 1.57. The summed E-state index contributed by atoms with van der Waals surface area (Å²) in [6, 6.07) is 5.11. The number of carbonyl (C=O) groups excluding carboxylic acids is 1. The molecule has 0 fully saturated rings. The van der Waals surface area contributed by atoms with Gasteiger partial charge in [0.15, 0.2) is 0 Å². The number of hydrogen-bond acceptors (Lipinski definition) is 3. The molecule has 2 rings (SSSR count). The number of halogens is 3. The number of phenols is 1. The van der Waals surface area contributed by atoms with Gasteiger partial charge in [0.25, 0.3) is 0 Å². The van der Waals surface area contributed by atoms with E-state index in [1.165, 1.54) is 0 Å². The van der Waals surface area contributed by atoms with Crippen molar-refractivity contribution in [2.45, 2.75) is 6.54 Å². The number of pyridine rings is 1. The van der Waals surface area contributed by atoms with Crippen LogP contribution in [0.1, 0.15) is 5.56 Å². The van der Waals surface area contributed by atoms with Crippen LogP contribution in [0.4, 0.5) is 0 Å². The highest BCUT2D eigenvalue weighted by Crippen LogP contribution is 2.32. The molecular formula is C12H11Cl3N2O2. The number of nitrogens with one attached hydrogen (secondary N) is 1. The van der Waals surface area contributed by atoms with Crippen LogP contribution < -0.4 is 5.32 Å². The third-order valence-corrected chi connectivity index (χ3v) is 3.05. The van der Waals surface area contributed by atoms with Crippen molar-refractivity contribution in [3.8, 4) is 5.75 Å². The predicted molar refractivity (Wildman–Crippen MR) is 78.2 cm³/mol. The van der Waals surface area contributed by atoms with Crippen LogP contribution in [-0.2, 0) is 11.3 Å². The summed E-state index contributed by atoms with van der Waals surface area (Å²) in [4.78, 5) is 15.1. The van der Waals surface area contributed by atoms with Gasteiger partial charge in [-0.2, -0.15) is 0 Å². The lowest BCUT2D eigenvalue weighted by atomic mass is 10.1. The van der Waals surface area contributed by atoms with Crippen molar-refractivity contribution in [3.63, 3.8) is 0 Å². The summed E-state index contributed by atoms with van der Waals surface area (Å²) in [5, 5.41) is 13.8. The first-order chi connectivity index (χ1) is 8.63. The largest absolute Gasteiger partial charge is 0.505 e. The molecule has 2 aromatic rings. The highest BCUT2D eigenvalue weighted by atomic mass is 35.5. The standard InChI is InChI=1S/C12H10Cl2N2O2.ClH/c13-5-10(17)16-6-7-4-9(14)8-2-1-3-15-11(8)12(7)18;/h1-4,18H,5-6H2,(H,16,17);1H. The van der Waals surface area contributed by atoms with E-state index in [2.05, 4.69) is 10.3 Å². The first-order valence-corrected chi connectivity index (χ1v) is 6.12. The van der Waals surface area contributed by atoms with Crippen molar-refractivity contribution >= 4 is 52.4 Å². The molecular weight excluding hydrogens is 311 g/mol. The zero-order valence-electron chi connectivity index (χ0n) is 9.69. The minimum Gasteiger partial charge on any atom is -0.505 e. The molecule has 2 N–H and O–H groups in total. The number of alkyl halides is 1. The van der Waals surface area contributed by atoms with E-state index in [9.17, 15) is 9.90 Å².